The fourth-order valence-electron chi connectivity index (χ4n) is 4.83. The molecule has 2 saturated heterocycles. The van der Waals surface area contributed by atoms with Crippen molar-refractivity contribution in [1.29, 1.82) is 0 Å². The van der Waals surface area contributed by atoms with Crippen molar-refractivity contribution in [2.45, 2.75) is 26.0 Å². The number of rotatable bonds is 6. The number of nitrogens with zero attached hydrogens (tertiary/aromatic N) is 2. The molecule has 11 heteroatoms. The zero-order valence-electron chi connectivity index (χ0n) is 20.7. The number of methoxy groups -OCH3 is 1. The highest BCUT2D eigenvalue weighted by atomic mass is 35.5. The van der Waals surface area contributed by atoms with E-state index >= 15 is 0 Å². The summed E-state index contributed by atoms with van der Waals surface area (Å²) in [6, 6.07) is 15.4. The van der Waals surface area contributed by atoms with E-state index in [2.05, 4.69) is 0 Å². The van der Waals surface area contributed by atoms with Gasteiger partial charge in [-0.1, -0.05) is 48.0 Å². The third-order valence-electron chi connectivity index (χ3n) is 6.53. The number of para-hydroxylation sites is 1. The van der Waals surface area contributed by atoms with Crippen LogP contribution in [0.15, 0.2) is 54.6 Å². The summed E-state index contributed by atoms with van der Waals surface area (Å²) in [7, 11) is 1.18. The molecule has 2 aliphatic heterocycles. The summed E-state index contributed by atoms with van der Waals surface area (Å²) in [5.74, 6) is -3.65. The number of ether oxygens (including phenoxy) is 2. The van der Waals surface area contributed by atoms with Gasteiger partial charge in [-0.2, -0.15) is 0 Å². The number of hydroxylamine groups is 1. The normalized spacial score (nSPS) is 20.6. The van der Waals surface area contributed by atoms with Crippen molar-refractivity contribution in [3.63, 3.8) is 0 Å². The topological polar surface area (TPSA) is 102 Å². The molecule has 0 N–H and O–H groups in total. The average molecular weight is 555 g/mol. The number of imide groups is 1. The van der Waals surface area contributed by atoms with Crippen LogP contribution in [0.25, 0.3) is 0 Å². The van der Waals surface area contributed by atoms with Crippen LogP contribution in [0.4, 0.5) is 10.7 Å². The number of esters is 2. The summed E-state index contributed by atoms with van der Waals surface area (Å²) in [6.07, 6.45) is -1.18. The molecule has 2 aromatic carbocycles. The number of carbonyl (C=O) groups excluding carboxylic acids is 4. The van der Waals surface area contributed by atoms with E-state index in [1.807, 2.05) is 18.2 Å². The lowest BCUT2D eigenvalue weighted by molar-refractivity contribution is -0.126. The summed E-state index contributed by atoms with van der Waals surface area (Å²) >= 11 is 7.39. The van der Waals surface area contributed by atoms with Crippen LogP contribution in [0, 0.1) is 12.8 Å². The lowest BCUT2D eigenvalue weighted by Crippen LogP contribution is -2.37. The number of amides is 2. The minimum Gasteiger partial charge on any atom is -0.465 e. The Bertz CT molecular complexity index is 1440. The fraction of sp³-hybridized carbons (Fsp3) is 0.259. The van der Waals surface area contributed by atoms with E-state index in [0.717, 1.165) is 16.2 Å². The number of fused-ring (bicyclic) bond motifs is 1. The second-order valence-electron chi connectivity index (χ2n) is 8.64. The van der Waals surface area contributed by atoms with Crippen molar-refractivity contribution in [3.8, 4) is 0 Å². The van der Waals surface area contributed by atoms with Crippen molar-refractivity contribution >= 4 is 57.4 Å². The number of anilines is 2. The average Bonchev–Trinajstić information content (AvgIpc) is 3.54. The van der Waals surface area contributed by atoms with Crippen molar-refractivity contribution < 1.29 is 33.5 Å². The van der Waals surface area contributed by atoms with Gasteiger partial charge >= 0.3 is 11.9 Å². The molecular weight excluding hydrogens is 532 g/mol. The Balaban J connectivity index is 1.62. The first-order chi connectivity index (χ1) is 18.3. The number of hydrogen-bond acceptors (Lipinski definition) is 9. The van der Waals surface area contributed by atoms with Gasteiger partial charge in [-0.25, -0.2) is 19.6 Å². The molecule has 0 unspecified atom stereocenters. The highest BCUT2D eigenvalue weighted by Crippen LogP contribution is 2.50. The van der Waals surface area contributed by atoms with Crippen LogP contribution in [0.3, 0.4) is 0 Å². The standard InChI is InChI=1S/C27H23ClN2O7S/c1-4-36-27(34)22-14(2)18(26(33)35-3)25(38-22)29-23(31)19-20(16-12-8-9-13-17(16)28)30(37-21(19)24(29)32)15-10-6-5-7-11-15/h5-13,19-21H,4H2,1-3H3/t19-,20+,21-/m0/s1. The van der Waals surface area contributed by atoms with Gasteiger partial charge < -0.3 is 9.47 Å². The van der Waals surface area contributed by atoms with Crippen molar-refractivity contribution in [2.24, 2.45) is 5.92 Å². The quantitative estimate of drug-likeness (QED) is 0.318. The molecule has 9 nitrogen and oxygen atoms in total. The van der Waals surface area contributed by atoms with Gasteiger partial charge in [0.1, 0.15) is 15.8 Å². The molecule has 0 aliphatic carbocycles. The van der Waals surface area contributed by atoms with Gasteiger partial charge in [-0.05, 0) is 43.2 Å². The molecule has 3 heterocycles. The predicted molar refractivity (Wildman–Crippen MR) is 140 cm³/mol. The molecule has 1 aromatic heterocycles. The number of thiophene rings is 1. The summed E-state index contributed by atoms with van der Waals surface area (Å²) in [4.78, 5) is 60.3. The summed E-state index contributed by atoms with van der Waals surface area (Å²) in [6.45, 7) is 3.32. The third-order valence-corrected chi connectivity index (χ3v) is 8.13. The summed E-state index contributed by atoms with van der Waals surface area (Å²) < 4.78 is 10.0. The Morgan fingerprint density at radius 3 is 2.37 bits per heavy atom. The summed E-state index contributed by atoms with van der Waals surface area (Å²) in [5, 5.41) is 1.94. The molecule has 3 atom stereocenters. The maximum atomic E-state index is 14.0. The molecule has 38 heavy (non-hydrogen) atoms. The van der Waals surface area contributed by atoms with Crippen LogP contribution in [-0.2, 0) is 23.9 Å². The molecule has 3 aromatic rings. The molecule has 196 valence electrons. The first-order valence-electron chi connectivity index (χ1n) is 11.8. The minimum absolute atomic E-state index is 0.00503. The second kappa shape index (κ2) is 10.2. The van der Waals surface area contributed by atoms with Crippen molar-refractivity contribution in [1.82, 2.24) is 0 Å². The molecular formula is C27H23ClN2O7S. The van der Waals surface area contributed by atoms with Gasteiger partial charge in [0.15, 0.2) is 6.10 Å². The molecule has 2 fully saturated rings. The zero-order valence-corrected chi connectivity index (χ0v) is 22.2. The largest absolute Gasteiger partial charge is 0.465 e. The van der Waals surface area contributed by atoms with Crippen LogP contribution in [0.2, 0.25) is 5.02 Å². The SMILES string of the molecule is CCOC(=O)c1sc(N2C(=O)[C@@H]3[C@H](ON(c4ccccc4)[C@@H]3c3ccccc3Cl)C2=O)c(C(=O)OC)c1C. The van der Waals surface area contributed by atoms with Gasteiger partial charge in [0, 0.05) is 5.02 Å². The highest BCUT2D eigenvalue weighted by molar-refractivity contribution is 7.19. The summed E-state index contributed by atoms with van der Waals surface area (Å²) in [5.41, 5.74) is 1.47. The number of halogens is 1. The van der Waals surface area contributed by atoms with E-state index in [4.69, 9.17) is 25.9 Å². The highest BCUT2D eigenvalue weighted by Gasteiger charge is 2.61. The second-order valence-corrected chi connectivity index (χ2v) is 10.0. The van der Waals surface area contributed by atoms with Crippen LogP contribution in [0.5, 0.6) is 0 Å². The Hall–Kier alpha value is -3.73. The molecule has 0 spiro atoms. The van der Waals surface area contributed by atoms with Gasteiger partial charge in [-0.3, -0.25) is 14.4 Å². The van der Waals surface area contributed by atoms with Gasteiger partial charge in [0.2, 0.25) is 5.91 Å². The molecule has 0 bridgehead atoms. The molecule has 2 aliphatic rings. The number of hydrogen-bond donors (Lipinski definition) is 0. The van der Waals surface area contributed by atoms with Crippen LogP contribution in [0.1, 0.15) is 44.1 Å². The number of benzene rings is 2. The third kappa shape index (κ3) is 4.05. The first-order valence-corrected chi connectivity index (χ1v) is 13.0. The van der Waals surface area contributed by atoms with Gasteiger partial charge in [0.25, 0.3) is 5.91 Å². The van der Waals surface area contributed by atoms with E-state index in [0.29, 0.717) is 16.3 Å². The minimum atomic E-state index is -1.18. The maximum Gasteiger partial charge on any atom is 0.348 e. The lowest BCUT2D eigenvalue weighted by Gasteiger charge is -2.29. The lowest BCUT2D eigenvalue weighted by atomic mass is 9.90. The Morgan fingerprint density at radius 2 is 1.71 bits per heavy atom. The fourth-order valence-corrected chi connectivity index (χ4v) is 6.28. The smallest absolute Gasteiger partial charge is 0.348 e. The zero-order chi connectivity index (χ0) is 27.1. The Kier molecular flexibility index (Phi) is 6.95. The van der Waals surface area contributed by atoms with Crippen LogP contribution in [-0.4, -0.2) is 43.6 Å². The van der Waals surface area contributed by atoms with E-state index in [1.54, 1.807) is 50.2 Å². The molecule has 0 radical (unpaired) electrons. The first kappa shape index (κ1) is 25.9. The number of carbonyl (C=O) groups is 4. The van der Waals surface area contributed by atoms with Gasteiger partial charge in [-0.15, -0.1) is 11.3 Å². The van der Waals surface area contributed by atoms with E-state index in [1.165, 1.54) is 12.2 Å². The van der Waals surface area contributed by atoms with Crippen molar-refractivity contribution in [3.05, 3.63) is 81.2 Å². The van der Waals surface area contributed by atoms with E-state index < -0.39 is 41.8 Å². The van der Waals surface area contributed by atoms with E-state index in [-0.39, 0.29) is 27.6 Å². The van der Waals surface area contributed by atoms with Gasteiger partial charge in [0.05, 0.1) is 31.0 Å². The molecule has 0 saturated carbocycles. The van der Waals surface area contributed by atoms with Crippen LogP contribution >= 0.6 is 22.9 Å². The monoisotopic (exact) mass is 554 g/mol. The Labute approximate surface area is 227 Å². The van der Waals surface area contributed by atoms with Crippen LogP contribution < -0.4 is 9.96 Å². The maximum absolute atomic E-state index is 14.0. The molecule has 2 amide bonds. The predicted octanol–water partition coefficient (Wildman–Crippen LogP) is 4.72. The van der Waals surface area contributed by atoms with Crippen molar-refractivity contribution in [2.75, 3.05) is 23.7 Å². The Morgan fingerprint density at radius 1 is 1.03 bits per heavy atom. The molecule has 5 rings (SSSR count). The van der Waals surface area contributed by atoms with E-state index in [9.17, 15) is 19.2 Å².